The summed E-state index contributed by atoms with van der Waals surface area (Å²) in [6.45, 7) is 0.970. The summed E-state index contributed by atoms with van der Waals surface area (Å²) in [7, 11) is 1.53. The average Bonchev–Trinajstić information content (AvgIpc) is 3.76. The molecule has 0 radical (unpaired) electrons. The van der Waals surface area contributed by atoms with Gasteiger partial charge in [0.25, 0.3) is 0 Å². The monoisotopic (exact) mass is 472 g/mol. The van der Waals surface area contributed by atoms with Crippen molar-refractivity contribution in [2.75, 3.05) is 25.6 Å². The van der Waals surface area contributed by atoms with E-state index in [4.69, 9.17) is 18.9 Å². The number of pyridine rings is 1. The van der Waals surface area contributed by atoms with Crippen molar-refractivity contribution in [3.8, 4) is 22.6 Å². The Kier molecular flexibility index (Phi) is 6.31. The van der Waals surface area contributed by atoms with Crippen molar-refractivity contribution in [2.45, 2.75) is 62.9 Å². The van der Waals surface area contributed by atoms with Gasteiger partial charge in [0.15, 0.2) is 11.6 Å². The lowest BCUT2D eigenvalue weighted by molar-refractivity contribution is -0.145. The van der Waals surface area contributed by atoms with E-state index in [-0.39, 0.29) is 24.6 Å². The Bertz CT molecular complexity index is 1060. The molecule has 5 rings (SSSR count). The van der Waals surface area contributed by atoms with Crippen molar-refractivity contribution in [2.24, 2.45) is 0 Å². The lowest BCUT2D eigenvalue weighted by atomic mass is 9.90. The van der Waals surface area contributed by atoms with Crippen LogP contribution in [-0.4, -0.2) is 54.1 Å². The first-order chi connectivity index (χ1) is 16.5. The van der Waals surface area contributed by atoms with Crippen LogP contribution in [0.1, 0.15) is 44.1 Å². The molecule has 3 aliphatic rings. The minimum atomic E-state index is -1.16. The summed E-state index contributed by atoms with van der Waals surface area (Å²) in [4.78, 5) is 16.5. The Morgan fingerprint density at radius 2 is 1.91 bits per heavy atom. The molecule has 0 atom stereocenters. The van der Waals surface area contributed by atoms with Gasteiger partial charge in [-0.1, -0.05) is 0 Å². The van der Waals surface area contributed by atoms with Crippen molar-refractivity contribution < 1.29 is 33.2 Å². The number of nitrogens with zero attached hydrogens (tertiary/aromatic N) is 1. The van der Waals surface area contributed by atoms with Crippen LogP contribution in [0.4, 0.5) is 10.2 Å². The quantitative estimate of drug-likeness (QED) is 0.532. The van der Waals surface area contributed by atoms with Crippen LogP contribution in [0.5, 0.6) is 11.5 Å². The van der Waals surface area contributed by atoms with Gasteiger partial charge in [0.1, 0.15) is 17.1 Å². The van der Waals surface area contributed by atoms with Crippen LogP contribution in [0.3, 0.4) is 0 Å². The second kappa shape index (κ2) is 9.38. The number of aromatic nitrogens is 1. The second-order valence-electron chi connectivity index (χ2n) is 9.17. The molecule has 3 fully saturated rings. The van der Waals surface area contributed by atoms with Crippen LogP contribution >= 0.6 is 0 Å². The number of benzene rings is 1. The van der Waals surface area contributed by atoms with E-state index in [9.17, 15) is 9.90 Å². The zero-order valence-corrected chi connectivity index (χ0v) is 19.1. The Hall–Kier alpha value is -2.91. The fraction of sp³-hybridized carbons (Fsp3) is 0.520. The van der Waals surface area contributed by atoms with Crippen LogP contribution in [0, 0.1) is 5.82 Å². The van der Waals surface area contributed by atoms with E-state index in [2.05, 4.69) is 10.3 Å². The molecule has 1 aromatic heterocycles. The van der Waals surface area contributed by atoms with Crippen LogP contribution in [0.2, 0.25) is 0 Å². The summed E-state index contributed by atoms with van der Waals surface area (Å²) in [6, 6.07) is 4.93. The third kappa shape index (κ3) is 4.95. The van der Waals surface area contributed by atoms with Gasteiger partial charge in [0.2, 0.25) is 0 Å². The fourth-order valence-electron chi connectivity index (χ4n) is 4.06. The van der Waals surface area contributed by atoms with Crippen molar-refractivity contribution >= 4 is 11.8 Å². The number of methoxy groups -OCH3 is 1. The molecule has 0 amide bonds. The molecule has 2 aliphatic carbocycles. The van der Waals surface area contributed by atoms with E-state index >= 15 is 4.39 Å². The molecular weight excluding hydrogens is 443 g/mol. The zero-order valence-electron chi connectivity index (χ0n) is 19.1. The minimum absolute atomic E-state index is 0.0310. The summed E-state index contributed by atoms with van der Waals surface area (Å²) in [5.74, 6) is -0.386. The highest BCUT2D eigenvalue weighted by Crippen LogP contribution is 2.39. The van der Waals surface area contributed by atoms with Gasteiger partial charge in [-0.05, 0) is 43.4 Å². The number of nitrogens with one attached hydrogen (secondary N) is 1. The topological polar surface area (TPSA) is 99.1 Å². The number of aliphatic carboxylic acids is 1. The maximum absolute atomic E-state index is 15.5. The highest BCUT2D eigenvalue weighted by atomic mass is 19.1. The number of carboxylic acids is 1. The van der Waals surface area contributed by atoms with E-state index in [0.29, 0.717) is 54.3 Å². The number of hydrogen-bond acceptors (Lipinski definition) is 7. The molecule has 1 aliphatic heterocycles. The van der Waals surface area contributed by atoms with Crippen LogP contribution < -0.4 is 14.8 Å². The normalized spacial score (nSPS) is 19.5. The molecule has 8 nitrogen and oxygen atoms in total. The molecule has 2 heterocycles. The molecule has 182 valence electrons. The maximum atomic E-state index is 15.5. The molecule has 1 aromatic carbocycles. The first kappa shape index (κ1) is 22.9. The van der Waals surface area contributed by atoms with Gasteiger partial charge in [0, 0.05) is 49.4 Å². The Balaban J connectivity index is 1.51. The minimum Gasteiger partial charge on any atom is -0.497 e. The third-order valence-corrected chi connectivity index (χ3v) is 6.47. The van der Waals surface area contributed by atoms with E-state index in [0.717, 1.165) is 25.7 Å². The van der Waals surface area contributed by atoms with Crippen LogP contribution in [0.25, 0.3) is 11.1 Å². The fourth-order valence-corrected chi connectivity index (χ4v) is 4.06. The summed E-state index contributed by atoms with van der Waals surface area (Å²) in [5.41, 5.74) is 0.414. The van der Waals surface area contributed by atoms with Gasteiger partial charge >= 0.3 is 5.97 Å². The molecule has 34 heavy (non-hydrogen) atoms. The second-order valence-corrected chi connectivity index (χ2v) is 9.17. The van der Waals surface area contributed by atoms with E-state index in [1.807, 2.05) is 0 Å². The lowest BCUT2D eigenvalue weighted by Gasteiger charge is -2.34. The Morgan fingerprint density at radius 1 is 1.18 bits per heavy atom. The molecule has 2 aromatic rings. The van der Waals surface area contributed by atoms with Gasteiger partial charge < -0.3 is 29.4 Å². The number of hydrogen-bond donors (Lipinski definition) is 2. The average molecular weight is 473 g/mol. The predicted octanol–water partition coefficient (Wildman–Crippen LogP) is 4.16. The van der Waals surface area contributed by atoms with Crippen LogP contribution in [-0.2, 0) is 20.9 Å². The summed E-state index contributed by atoms with van der Waals surface area (Å²) in [6.07, 6.45) is 6.25. The van der Waals surface area contributed by atoms with Gasteiger partial charge in [-0.3, -0.25) is 0 Å². The number of anilines is 1. The molecule has 2 N–H and O–H groups in total. The number of rotatable bonds is 10. The van der Waals surface area contributed by atoms with E-state index < -0.39 is 17.3 Å². The van der Waals surface area contributed by atoms with Gasteiger partial charge in [-0.15, -0.1) is 0 Å². The van der Waals surface area contributed by atoms with Gasteiger partial charge in [-0.25, -0.2) is 14.2 Å². The van der Waals surface area contributed by atoms with Crippen molar-refractivity contribution in [3.05, 3.63) is 35.8 Å². The summed E-state index contributed by atoms with van der Waals surface area (Å²) in [5, 5.41) is 13.0. The number of halogens is 1. The van der Waals surface area contributed by atoms with E-state index in [1.54, 1.807) is 24.4 Å². The Morgan fingerprint density at radius 3 is 2.56 bits per heavy atom. The first-order valence-corrected chi connectivity index (χ1v) is 11.7. The smallest absolute Gasteiger partial charge is 0.329 e. The number of carbonyl (C=O) groups is 1. The van der Waals surface area contributed by atoms with Crippen LogP contribution in [0.15, 0.2) is 24.4 Å². The van der Waals surface area contributed by atoms with Crippen molar-refractivity contribution in [3.63, 3.8) is 0 Å². The molecule has 0 unspecified atom stereocenters. The number of carboxylic acid groups (broad SMARTS) is 1. The predicted molar refractivity (Wildman–Crippen MR) is 122 cm³/mol. The van der Waals surface area contributed by atoms with Gasteiger partial charge in [0.05, 0.1) is 25.9 Å². The molecular formula is C25H29FN2O6. The Labute approximate surface area is 197 Å². The summed E-state index contributed by atoms with van der Waals surface area (Å²) >= 11 is 0. The largest absolute Gasteiger partial charge is 0.497 e. The first-order valence-electron chi connectivity index (χ1n) is 11.7. The molecule has 1 saturated heterocycles. The van der Waals surface area contributed by atoms with Crippen molar-refractivity contribution in [1.29, 1.82) is 0 Å². The molecule has 9 heteroatoms. The van der Waals surface area contributed by atoms with Crippen molar-refractivity contribution in [1.82, 2.24) is 4.98 Å². The molecule has 2 saturated carbocycles. The SMILES string of the molecule is COc1cc(OC2CC2)c(F)c(-c2cnc(NC3(C(=O)O)CCOCC3)cc2COC2CC2)c1. The van der Waals surface area contributed by atoms with E-state index in [1.165, 1.54) is 7.11 Å². The molecule has 0 spiro atoms. The number of ether oxygens (including phenoxy) is 4. The lowest BCUT2D eigenvalue weighted by Crippen LogP contribution is -2.50. The zero-order chi connectivity index (χ0) is 23.7. The standard InChI is InChI=1S/C25H29FN2O6/c1-31-18-11-19(23(26)21(12-18)34-17-4-5-17)20-13-27-22(10-15(20)14-33-16-2-3-16)28-25(24(29)30)6-8-32-9-7-25/h10-13,16-17H,2-9,14H2,1H3,(H,27,28)(H,29,30). The third-order valence-electron chi connectivity index (χ3n) is 6.47. The highest BCUT2D eigenvalue weighted by Gasteiger charge is 2.40. The maximum Gasteiger partial charge on any atom is 0.329 e. The molecule has 0 bridgehead atoms. The summed E-state index contributed by atoms with van der Waals surface area (Å²) < 4.78 is 38.0. The highest BCUT2D eigenvalue weighted by molar-refractivity contribution is 5.83. The van der Waals surface area contributed by atoms with Gasteiger partial charge in [-0.2, -0.15) is 0 Å².